The Morgan fingerprint density at radius 1 is 1.45 bits per heavy atom. The van der Waals surface area contributed by atoms with Crippen LogP contribution < -0.4 is 4.74 Å². The molecule has 1 aromatic rings. The van der Waals surface area contributed by atoms with Gasteiger partial charge in [-0.3, -0.25) is 4.79 Å². The van der Waals surface area contributed by atoms with Crippen LogP contribution in [0.25, 0.3) is 0 Å². The van der Waals surface area contributed by atoms with Crippen molar-refractivity contribution in [2.24, 2.45) is 5.41 Å². The van der Waals surface area contributed by atoms with E-state index in [1.54, 1.807) is 11.9 Å². The number of ether oxygens (including phenoxy) is 1. The Labute approximate surface area is 135 Å². The number of aryl methyl sites for hydroxylation is 1. The molecule has 6 heteroatoms. The summed E-state index contributed by atoms with van der Waals surface area (Å²) in [7, 11) is 1.80. The van der Waals surface area contributed by atoms with Gasteiger partial charge in [0.25, 0.3) is 11.1 Å². The second-order valence-corrected chi connectivity index (χ2v) is 7.27. The quantitative estimate of drug-likeness (QED) is 0.835. The minimum absolute atomic E-state index is 0.0185. The van der Waals surface area contributed by atoms with E-state index in [1.165, 1.54) is 16.9 Å². The fourth-order valence-corrected chi connectivity index (χ4v) is 3.15. The van der Waals surface area contributed by atoms with Gasteiger partial charge in [-0.25, -0.2) is 0 Å². The standard InChI is InChI=1S/C16H23N3O2S/c1-6-13-17-18-15(22-13)21-10-14(20)19(5)12-7-11(2)8-16(3,4)9-12/h7-8H,6,9-10H2,1-5H3. The lowest BCUT2D eigenvalue weighted by Crippen LogP contribution is -2.33. The first kappa shape index (κ1) is 16.7. The van der Waals surface area contributed by atoms with Gasteiger partial charge in [-0.2, -0.15) is 0 Å². The molecule has 0 N–H and O–H groups in total. The minimum Gasteiger partial charge on any atom is -0.459 e. The van der Waals surface area contributed by atoms with Crippen LogP contribution in [0.5, 0.6) is 5.19 Å². The normalized spacial score (nSPS) is 16.8. The average molecular weight is 321 g/mol. The third-order valence-corrected chi connectivity index (χ3v) is 4.50. The molecule has 0 fully saturated rings. The van der Waals surface area contributed by atoms with E-state index in [9.17, 15) is 4.79 Å². The first-order valence-electron chi connectivity index (χ1n) is 7.42. The number of rotatable bonds is 5. The summed E-state index contributed by atoms with van der Waals surface area (Å²) in [5, 5.41) is 9.26. The molecule has 1 aliphatic carbocycles. The van der Waals surface area contributed by atoms with Gasteiger partial charge in [0, 0.05) is 12.7 Å². The number of nitrogens with zero attached hydrogens (tertiary/aromatic N) is 3. The summed E-state index contributed by atoms with van der Waals surface area (Å²) in [4.78, 5) is 14.0. The number of amides is 1. The molecule has 1 amide bonds. The lowest BCUT2D eigenvalue weighted by molar-refractivity contribution is -0.130. The number of aromatic nitrogens is 2. The van der Waals surface area contributed by atoms with Crippen molar-refractivity contribution >= 4 is 17.2 Å². The van der Waals surface area contributed by atoms with Gasteiger partial charge in [-0.15, -0.1) is 10.2 Å². The van der Waals surface area contributed by atoms with E-state index in [0.29, 0.717) is 5.19 Å². The Hall–Kier alpha value is -1.69. The highest BCUT2D eigenvalue weighted by Crippen LogP contribution is 2.34. The molecule has 0 unspecified atom stereocenters. The van der Waals surface area contributed by atoms with Gasteiger partial charge in [0.2, 0.25) is 0 Å². The molecule has 0 spiro atoms. The summed E-state index contributed by atoms with van der Waals surface area (Å²) in [6, 6.07) is 0. The number of allylic oxidation sites excluding steroid dienone is 4. The Morgan fingerprint density at radius 3 is 2.77 bits per heavy atom. The van der Waals surface area contributed by atoms with Gasteiger partial charge in [0.05, 0.1) is 0 Å². The van der Waals surface area contributed by atoms with Crippen LogP contribution in [0.15, 0.2) is 23.4 Å². The summed E-state index contributed by atoms with van der Waals surface area (Å²) in [6.07, 6.45) is 5.95. The van der Waals surface area contributed by atoms with Gasteiger partial charge < -0.3 is 9.64 Å². The predicted octanol–water partition coefficient (Wildman–Crippen LogP) is 3.20. The van der Waals surface area contributed by atoms with Crippen LogP contribution in [-0.2, 0) is 11.2 Å². The highest BCUT2D eigenvalue weighted by Gasteiger charge is 2.25. The number of hydrogen-bond acceptors (Lipinski definition) is 5. The zero-order chi connectivity index (χ0) is 16.3. The molecule has 0 bridgehead atoms. The van der Waals surface area contributed by atoms with Crippen LogP contribution in [0.2, 0.25) is 0 Å². The van der Waals surface area contributed by atoms with Crippen molar-refractivity contribution in [2.75, 3.05) is 13.7 Å². The number of carbonyl (C=O) groups is 1. The third-order valence-electron chi connectivity index (χ3n) is 3.52. The van der Waals surface area contributed by atoms with E-state index in [0.717, 1.165) is 23.5 Å². The molecule has 0 aliphatic heterocycles. The zero-order valence-electron chi connectivity index (χ0n) is 13.8. The molecule has 2 rings (SSSR count). The van der Waals surface area contributed by atoms with Gasteiger partial charge in [-0.05, 0) is 31.3 Å². The van der Waals surface area contributed by atoms with E-state index in [-0.39, 0.29) is 17.9 Å². The van der Waals surface area contributed by atoms with Gasteiger partial charge in [-0.1, -0.05) is 43.8 Å². The Balaban J connectivity index is 1.96. The summed E-state index contributed by atoms with van der Waals surface area (Å²) >= 11 is 1.38. The highest BCUT2D eigenvalue weighted by molar-refractivity contribution is 7.13. The first-order valence-corrected chi connectivity index (χ1v) is 8.24. The van der Waals surface area contributed by atoms with E-state index in [4.69, 9.17) is 4.74 Å². The third kappa shape index (κ3) is 4.16. The van der Waals surface area contributed by atoms with Crippen molar-refractivity contribution in [2.45, 2.75) is 40.5 Å². The van der Waals surface area contributed by atoms with Crippen LogP contribution in [0, 0.1) is 5.41 Å². The molecule has 1 heterocycles. The molecule has 1 aliphatic rings. The lowest BCUT2D eigenvalue weighted by atomic mass is 9.82. The molecular weight excluding hydrogens is 298 g/mol. The van der Waals surface area contributed by atoms with Gasteiger partial charge in [0.1, 0.15) is 5.01 Å². The Morgan fingerprint density at radius 2 is 2.18 bits per heavy atom. The molecule has 0 saturated heterocycles. The van der Waals surface area contributed by atoms with E-state index in [2.05, 4.69) is 43.1 Å². The zero-order valence-corrected chi connectivity index (χ0v) is 14.7. The second kappa shape index (κ2) is 6.60. The monoisotopic (exact) mass is 321 g/mol. The lowest BCUT2D eigenvalue weighted by Gasteiger charge is -2.31. The molecule has 0 atom stereocenters. The summed E-state index contributed by atoms with van der Waals surface area (Å²) in [5.74, 6) is -0.0787. The van der Waals surface area contributed by atoms with Gasteiger partial charge >= 0.3 is 0 Å². The molecule has 0 aromatic carbocycles. The maximum absolute atomic E-state index is 12.3. The molecular formula is C16H23N3O2S. The molecule has 5 nitrogen and oxygen atoms in total. The SMILES string of the molecule is CCc1nnc(OCC(=O)N(C)C2=CC(C)=CC(C)(C)C2)s1. The molecule has 1 aromatic heterocycles. The number of likely N-dealkylation sites (N-methyl/N-ethyl adjacent to an activating group) is 1. The van der Waals surface area contributed by atoms with Crippen LogP contribution in [0.4, 0.5) is 0 Å². The van der Waals surface area contributed by atoms with Crippen molar-refractivity contribution in [3.63, 3.8) is 0 Å². The highest BCUT2D eigenvalue weighted by atomic mass is 32.1. The summed E-state index contributed by atoms with van der Waals surface area (Å²) in [5.41, 5.74) is 2.27. The van der Waals surface area contributed by atoms with E-state index < -0.39 is 0 Å². The van der Waals surface area contributed by atoms with Crippen LogP contribution >= 0.6 is 11.3 Å². The minimum atomic E-state index is -0.0787. The summed E-state index contributed by atoms with van der Waals surface area (Å²) in [6.45, 7) is 8.40. The fraction of sp³-hybridized carbons (Fsp3) is 0.562. The molecule has 120 valence electrons. The first-order chi connectivity index (χ1) is 10.3. The van der Waals surface area contributed by atoms with Crippen molar-refractivity contribution < 1.29 is 9.53 Å². The van der Waals surface area contributed by atoms with Crippen LogP contribution in [0.1, 0.15) is 39.1 Å². The predicted molar refractivity (Wildman–Crippen MR) is 87.8 cm³/mol. The smallest absolute Gasteiger partial charge is 0.294 e. The van der Waals surface area contributed by atoms with E-state index in [1.807, 2.05) is 6.92 Å². The van der Waals surface area contributed by atoms with Crippen molar-refractivity contribution in [3.8, 4) is 5.19 Å². The van der Waals surface area contributed by atoms with E-state index >= 15 is 0 Å². The topological polar surface area (TPSA) is 55.3 Å². The molecule has 0 radical (unpaired) electrons. The fourth-order valence-electron chi connectivity index (χ4n) is 2.52. The Kier molecular flexibility index (Phi) is 5.01. The summed E-state index contributed by atoms with van der Waals surface area (Å²) < 4.78 is 5.45. The Bertz CT molecular complexity index is 617. The average Bonchev–Trinajstić information content (AvgIpc) is 2.89. The van der Waals surface area contributed by atoms with Crippen molar-refractivity contribution in [1.29, 1.82) is 0 Å². The molecule has 0 saturated carbocycles. The maximum Gasteiger partial charge on any atom is 0.294 e. The van der Waals surface area contributed by atoms with Crippen LogP contribution in [-0.4, -0.2) is 34.7 Å². The number of hydrogen-bond donors (Lipinski definition) is 0. The largest absolute Gasteiger partial charge is 0.459 e. The maximum atomic E-state index is 12.3. The van der Waals surface area contributed by atoms with Crippen molar-refractivity contribution in [1.82, 2.24) is 15.1 Å². The number of carbonyl (C=O) groups excluding carboxylic acids is 1. The second-order valence-electron chi connectivity index (χ2n) is 6.25. The van der Waals surface area contributed by atoms with Gasteiger partial charge in [0.15, 0.2) is 6.61 Å². The van der Waals surface area contributed by atoms with Crippen molar-refractivity contribution in [3.05, 3.63) is 28.4 Å². The van der Waals surface area contributed by atoms with Crippen LogP contribution in [0.3, 0.4) is 0 Å². The molecule has 22 heavy (non-hydrogen) atoms.